The van der Waals surface area contributed by atoms with Gasteiger partial charge < -0.3 is 10.5 Å². The Balaban J connectivity index is 1.94. The number of anilines is 1. The molecule has 3 nitrogen and oxygen atoms in total. The summed E-state index contributed by atoms with van der Waals surface area (Å²) in [6, 6.07) is 3.31. The van der Waals surface area contributed by atoms with Crippen LogP contribution in [-0.4, -0.2) is 31.1 Å². The normalized spacial score (nSPS) is 16.8. The third-order valence-electron chi connectivity index (χ3n) is 3.13. The van der Waals surface area contributed by atoms with Gasteiger partial charge in [0.05, 0.1) is 5.56 Å². The van der Waals surface area contributed by atoms with Crippen molar-refractivity contribution < 1.29 is 17.9 Å². The molecule has 2 N–H and O–H groups in total. The number of likely N-dealkylation sites (tertiary alicyclic amines) is 1. The van der Waals surface area contributed by atoms with Gasteiger partial charge in [-0.1, -0.05) is 0 Å². The van der Waals surface area contributed by atoms with Gasteiger partial charge in [0.25, 0.3) is 0 Å². The van der Waals surface area contributed by atoms with Crippen LogP contribution in [0.15, 0.2) is 18.2 Å². The Hall–Kier alpha value is -1.43. The van der Waals surface area contributed by atoms with Gasteiger partial charge in [-0.05, 0) is 38.1 Å². The van der Waals surface area contributed by atoms with E-state index in [0.717, 1.165) is 31.8 Å². The summed E-state index contributed by atoms with van der Waals surface area (Å²) < 4.78 is 43.2. The third kappa shape index (κ3) is 4.02. The number of nitrogens with two attached hydrogens (primary N) is 1. The van der Waals surface area contributed by atoms with E-state index in [4.69, 9.17) is 10.5 Å². The van der Waals surface area contributed by atoms with Crippen molar-refractivity contribution in [3.05, 3.63) is 23.8 Å². The van der Waals surface area contributed by atoms with Crippen molar-refractivity contribution in [2.45, 2.75) is 19.0 Å². The number of rotatable bonds is 4. The molecule has 1 aliphatic heterocycles. The number of halogens is 3. The summed E-state index contributed by atoms with van der Waals surface area (Å²) in [5, 5.41) is 0. The molecule has 1 aromatic rings. The topological polar surface area (TPSA) is 38.5 Å². The number of ether oxygens (including phenoxy) is 1. The number of hydrogen-bond donors (Lipinski definition) is 1. The van der Waals surface area contributed by atoms with Crippen molar-refractivity contribution in [3.8, 4) is 5.75 Å². The first-order valence-electron chi connectivity index (χ1n) is 6.28. The zero-order valence-electron chi connectivity index (χ0n) is 10.5. The zero-order valence-corrected chi connectivity index (χ0v) is 10.5. The summed E-state index contributed by atoms with van der Waals surface area (Å²) in [6.07, 6.45) is -2.05. The molecule has 0 aliphatic carbocycles. The maximum atomic E-state index is 12.6. The molecule has 6 heteroatoms. The first kappa shape index (κ1) is 14.0. The van der Waals surface area contributed by atoms with Gasteiger partial charge in [-0.2, -0.15) is 13.2 Å². The smallest absolute Gasteiger partial charge is 0.416 e. The average molecular weight is 274 g/mol. The molecule has 1 aromatic carbocycles. The van der Waals surface area contributed by atoms with E-state index in [2.05, 4.69) is 4.90 Å². The fourth-order valence-corrected chi connectivity index (χ4v) is 2.17. The van der Waals surface area contributed by atoms with Gasteiger partial charge in [0.2, 0.25) is 0 Å². The molecule has 1 heterocycles. The predicted octanol–water partition coefficient (Wildman–Crippen LogP) is 2.76. The molecule has 0 bridgehead atoms. The summed E-state index contributed by atoms with van der Waals surface area (Å²) in [5.41, 5.74) is 4.75. The van der Waals surface area contributed by atoms with Crippen LogP contribution in [0.3, 0.4) is 0 Å². The van der Waals surface area contributed by atoms with E-state index in [0.29, 0.717) is 6.61 Å². The molecule has 0 saturated carbocycles. The second-order valence-electron chi connectivity index (χ2n) is 4.69. The molecule has 0 amide bonds. The summed E-state index contributed by atoms with van der Waals surface area (Å²) in [5.74, 6) is 0.173. The highest BCUT2D eigenvalue weighted by molar-refractivity contribution is 5.48. The van der Waals surface area contributed by atoms with Gasteiger partial charge in [0, 0.05) is 18.3 Å². The molecule has 0 unspecified atom stereocenters. The van der Waals surface area contributed by atoms with Crippen molar-refractivity contribution >= 4 is 5.69 Å². The minimum atomic E-state index is -4.40. The maximum Gasteiger partial charge on any atom is 0.416 e. The van der Waals surface area contributed by atoms with Crippen LogP contribution in [0.5, 0.6) is 5.75 Å². The number of hydrogen-bond acceptors (Lipinski definition) is 3. The molecule has 1 fully saturated rings. The molecule has 1 saturated heterocycles. The Bertz CT molecular complexity index is 428. The van der Waals surface area contributed by atoms with Gasteiger partial charge >= 0.3 is 6.18 Å². The van der Waals surface area contributed by atoms with Gasteiger partial charge in [0.1, 0.15) is 12.4 Å². The van der Waals surface area contributed by atoms with Crippen LogP contribution in [0, 0.1) is 0 Å². The lowest BCUT2D eigenvalue weighted by Gasteiger charge is -2.16. The lowest BCUT2D eigenvalue weighted by molar-refractivity contribution is -0.137. The summed E-state index contributed by atoms with van der Waals surface area (Å²) in [7, 11) is 0. The maximum absolute atomic E-state index is 12.6. The zero-order chi connectivity index (χ0) is 13.9. The molecule has 1 aliphatic rings. The van der Waals surface area contributed by atoms with Crippen LogP contribution in [-0.2, 0) is 6.18 Å². The Morgan fingerprint density at radius 1 is 1.16 bits per heavy atom. The van der Waals surface area contributed by atoms with Crippen LogP contribution in [0.1, 0.15) is 18.4 Å². The summed E-state index contributed by atoms with van der Waals surface area (Å²) >= 11 is 0. The fourth-order valence-electron chi connectivity index (χ4n) is 2.17. The Kier molecular flexibility index (Phi) is 4.19. The van der Waals surface area contributed by atoms with Crippen molar-refractivity contribution in [2.75, 3.05) is 32.0 Å². The Morgan fingerprint density at radius 3 is 2.47 bits per heavy atom. The standard InChI is InChI=1S/C13H17F3N2O/c14-13(15,16)10-7-11(17)9-12(8-10)19-6-5-18-3-1-2-4-18/h7-9H,1-6,17H2. The van der Waals surface area contributed by atoms with Gasteiger partial charge in [0.15, 0.2) is 0 Å². The highest BCUT2D eigenvalue weighted by Gasteiger charge is 2.31. The SMILES string of the molecule is Nc1cc(OCCN2CCCC2)cc(C(F)(F)F)c1. The Labute approximate surface area is 110 Å². The predicted molar refractivity (Wildman–Crippen MR) is 67.0 cm³/mol. The van der Waals surface area contributed by atoms with Crippen LogP contribution in [0.2, 0.25) is 0 Å². The molecular formula is C13H17F3N2O. The Morgan fingerprint density at radius 2 is 1.84 bits per heavy atom. The molecule has 0 aromatic heterocycles. The second-order valence-corrected chi connectivity index (χ2v) is 4.69. The van der Waals surface area contributed by atoms with E-state index < -0.39 is 11.7 Å². The quantitative estimate of drug-likeness (QED) is 0.858. The molecular weight excluding hydrogens is 257 g/mol. The van der Waals surface area contributed by atoms with Crippen molar-refractivity contribution in [1.82, 2.24) is 4.90 Å². The van der Waals surface area contributed by atoms with E-state index in [1.165, 1.54) is 18.9 Å². The number of nitrogen functional groups attached to an aromatic ring is 1. The molecule has 0 spiro atoms. The van der Waals surface area contributed by atoms with E-state index in [9.17, 15) is 13.2 Å². The van der Waals surface area contributed by atoms with Gasteiger partial charge in [-0.3, -0.25) is 4.90 Å². The van der Waals surface area contributed by atoms with Crippen molar-refractivity contribution in [2.24, 2.45) is 0 Å². The second kappa shape index (κ2) is 5.69. The van der Waals surface area contributed by atoms with Gasteiger partial charge in [-0.25, -0.2) is 0 Å². The van der Waals surface area contributed by atoms with Crippen LogP contribution >= 0.6 is 0 Å². The van der Waals surface area contributed by atoms with Gasteiger partial charge in [-0.15, -0.1) is 0 Å². The lowest BCUT2D eigenvalue weighted by Crippen LogP contribution is -2.25. The molecule has 0 radical (unpaired) electrons. The average Bonchev–Trinajstić information content (AvgIpc) is 2.80. The molecule has 106 valence electrons. The number of benzene rings is 1. The highest BCUT2D eigenvalue weighted by atomic mass is 19.4. The fraction of sp³-hybridized carbons (Fsp3) is 0.538. The molecule has 0 atom stereocenters. The minimum absolute atomic E-state index is 0.0611. The first-order valence-corrected chi connectivity index (χ1v) is 6.28. The number of alkyl halides is 3. The van der Waals surface area contributed by atoms with Crippen molar-refractivity contribution in [1.29, 1.82) is 0 Å². The van der Waals surface area contributed by atoms with E-state index >= 15 is 0 Å². The lowest BCUT2D eigenvalue weighted by atomic mass is 10.2. The van der Waals surface area contributed by atoms with E-state index in [1.54, 1.807) is 0 Å². The van der Waals surface area contributed by atoms with Crippen LogP contribution < -0.4 is 10.5 Å². The third-order valence-corrected chi connectivity index (χ3v) is 3.13. The number of nitrogens with zero attached hydrogens (tertiary/aromatic N) is 1. The summed E-state index contributed by atoms with van der Waals surface area (Å²) in [6.45, 7) is 3.18. The molecule has 19 heavy (non-hydrogen) atoms. The minimum Gasteiger partial charge on any atom is -0.492 e. The van der Waals surface area contributed by atoms with Crippen molar-refractivity contribution in [3.63, 3.8) is 0 Å². The molecule has 2 rings (SSSR count). The first-order chi connectivity index (χ1) is 8.95. The summed E-state index contributed by atoms with van der Waals surface area (Å²) in [4.78, 5) is 2.23. The van der Waals surface area contributed by atoms with E-state index in [1.807, 2.05) is 0 Å². The largest absolute Gasteiger partial charge is 0.492 e. The van der Waals surface area contributed by atoms with E-state index in [-0.39, 0.29) is 11.4 Å². The highest BCUT2D eigenvalue weighted by Crippen LogP contribution is 2.33. The monoisotopic (exact) mass is 274 g/mol. The van der Waals surface area contributed by atoms with Crippen LogP contribution in [0.4, 0.5) is 18.9 Å². The van der Waals surface area contributed by atoms with Crippen LogP contribution in [0.25, 0.3) is 0 Å².